The summed E-state index contributed by atoms with van der Waals surface area (Å²) in [6.45, 7) is 2.69. The van der Waals surface area contributed by atoms with Crippen LogP contribution >= 0.6 is 0 Å². The fraction of sp³-hybridized carbons (Fsp3) is 0.667. The lowest BCUT2D eigenvalue weighted by Crippen LogP contribution is -2.43. The molecule has 1 aliphatic carbocycles. The van der Waals surface area contributed by atoms with E-state index in [4.69, 9.17) is 14.2 Å². The number of hydrogen-bond acceptors (Lipinski definition) is 4. The van der Waals surface area contributed by atoms with Gasteiger partial charge in [-0.3, -0.25) is 0 Å². The summed E-state index contributed by atoms with van der Waals surface area (Å²) in [4.78, 5) is 14.3. The summed E-state index contributed by atoms with van der Waals surface area (Å²) in [5.41, 5.74) is 2.34. The molecule has 1 aromatic carbocycles. The maximum atomic E-state index is 12.5. The first-order valence-electron chi connectivity index (χ1n) is 10.1. The van der Waals surface area contributed by atoms with Gasteiger partial charge in [-0.2, -0.15) is 0 Å². The Bertz CT molecular complexity index is 629. The van der Waals surface area contributed by atoms with Crippen LogP contribution in [0.15, 0.2) is 12.1 Å². The van der Waals surface area contributed by atoms with Crippen molar-refractivity contribution in [1.82, 2.24) is 10.2 Å². The Kier molecular flexibility index (Phi) is 7.21. The van der Waals surface area contributed by atoms with Crippen LogP contribution in [0.2, 0.25) is 0 Å². The van der Waals surface area contributed by atoms with E-state index in [1.165, 1.54) is 37.7 Å². The Morgan fingerprint density at radius 1 is 1.11 bits per heavy atom. The van der Waals surface area contributed by atoms with E-state index in [0.717, 1.165) is 30.8 Å². The van der Waals surface area contributed by atoms with Crippen molar-refractivity contribution >= 4 is 6.03 Å². The molecular formula is C21H32N2O4. The van der Waals surface area contributed by atoms with Crippen molar-refractivity contribution in [3.8, 4) is 11.5 Å². The van der Waals surface area contributed by atoms with Crippen LogP contribution in [0, 0.1) is 0 Å². The second-order valence-corrected chi connectivity index (χ2v) is 7.36. The highest BCUT2D eigenvalue weighted by molar-refractivity contribution is 5.74. The number of carbonyl (C=O) groups excluding carboxylic acids is 1. The number of fused-ring (bicyclic) bond motifs is 1. The highest BCUT2D eigenvalue weighted by Gasteiger charge is 2.22. The maximum Gasteiger partial charge on any atom is 0.317 e. The first-order valence-corrected chi connectivity index (χ1v) is 10.1. The number of urea groups is 1. The number of benzene rings is 1. The zero-order chi connectivity index (χ0) is 19.1. The number of nitrogens with one attached hydrogen (secondary N) is 1. The van der Waals surface area contributed by atoms with Gasteiger partial charge in [0, 0.05) is 26.2 Å². The van der Waals surface area contributed by atoms with E-state index in [1.807, 2.05) is 17.0 Å². The summed E-state index contributed by atoms with van der Waals surface area (Å²) in [6, 6.07) is 3.99. The van der Waals surface area contributed by atoms with Crippen molar-refractivity contribution < 1.29 is 19.0 Å². The van der Waals surface area contributed by atoms with Crippen molar-refractivity contribution in [2.45, 2.75) is 57.6 Å². The number of carbonyl (C=O) groups is 1. The van der Waals surface area contributed by atoms with Crippen LogP contribution in [-0.4, -0.2) is 51.0 Å². The van der Waals surface area contributed by atoms with Gasteiger partial charge in [-0.1, -0.05) is 19.3 Å². The van der Waals surface area contributed by atoms with Crippen LogP contribution in [0.4, 0.5) is 4.79 Å². The third-order valence-electron chi connectivity index (χ3n) is 5.51. The van der Waals surface area contributed by atoms with Crippen LogP contribution < -0.4 is 14.8 Å². The van der Waals surface area contributed by atoms with Gasteiger partial charge in [0.2, 0.25) is 0 Å². The van der Waals surface area contributed by atoms with Gasteiger partial charge in [-0.05, 0) is 48.9 Å². The van der Waals surface area contributed by atoms with Crippen molar-refractivity contribution in [1.29, 1.82) is 0 Å². The average Bonchev–Trinajstić information content (AvgIpc) is 2.72. The molecule has 6 nitrogen and oxygen atoms in total. The molecule has 0 bridgehead atoms. The third-order valence-corrected chi connectivity index (χ3v) is 5.51. The normalized spacial score (nSPS) is 17.3. The van der Waals surface area contributed by atoms with Crippen LogP contribution in [0.1, 0.15) is 49.7 Å². The molecule has 150 valence electrons. The number of hydrogen-bond donors (Lipinski definition) is 1. The largest absolute Gasteiger partial charge is 0.493 e. The van der Waals surface area contributed by atoms with Gasteiger partial charge in [0.15, 0.2) is 11.5 Å². The molecular weight excluding hydrogens is 344 g/mol. The molecule has 1 saturated carbocycles. The molecule has 1 heterocycles. The molecule has 0 aromatic heterocycles. The van der Waals surface area contributed by atoms with E-state index in [1.54, 1.807) is 14.2 Å². The van der Waals surface area contributed by atoms with Gasteiger partial charge in [-0.15, -0.1) is 0 Å². The van der Waals surface area contributed by atoms with E-state index in [2.05, 4.69) is 5.32 Å². The fourth-order valence-electron chi connectivity index (χ4n) is 3.92. The Hall–Kier alpha value is -1.95. The maximum absolute atomic E-state index is 12.5. The SMILES string of the molecule is COc1cc2c(cc1OC)CN(C(=O)NCCCOC1CCCCC1)CC2. The van der Waals surface area contributed by atoms with E-state index >= 15 is 0 Å². The summed E-state index contributed by atoms with van der Waals surface area (Å²) >= 11 is 0. The zero-order valence-corrected chi connectivity index (χ0v) is 16.6. The van der Waals surface area contributed by atoms with Gasteiger partial charge >= 0.3 is 6.03 Å². The Balaban J connectivity index is 1.42. The molecule has 1 aromatic rings. The third kappa shape index (κ3) is 5.28. The minimum Gasteiger partial charge on any atom is -0.493 e. The van der Waals surface area contributed by atoms with Crippen LogP contribution in [0.5, 0.6) is 11.5 Å². The first-order chi connectivity index (χ1) is 13.2. The molecule has 0 unspecified atom stereocenters. The molecule has 1 N–H and O–H groups in total. The van der Waals surface area contributed by atoms with Crippen LogP contribution in [-0.2, 0) is 17.7 Å². The Morgan fingerprint density at radius 2 is 1.81 bits per heavy atom. The lowest BCUT2D eigenvalue weighted by atomic mass is 9.98. The molecule has 0 radical (unpaired) electrons. The summed E-state index contributed by atoms with van der Waals surface area (Å²) in [7, 11) is 3.28. The number of rotatable bonds is 7. The molecule has 0 atom stereocenters. The number of nitrogens with zero attached hydrogens (tertiary/aromatic N) is 1. The molecule has 6 heteroatoms. The molecule has 3 rings (SSSR count). The molecule has 0 spiro atoms. The highest BCUT2D eigenvalue weighted by atomic mass is 16.5. The van der Waals surface area contributed by atoms with Gasteiger partial charge in [0.25, 0.3) is 0 Å². The lowest BCUT2D eigenvalue weighted by molar-refractivity contribution is 0.0274. The summed E-state index contributed by atoms with van der Waals surface area (Å²) in [5.74, 6) is 1.45. The van der Waals surface area contributed by atoms with Gasteiger partial charge in [0.1, 0.15) is 0 Å². The standard InChI is InChI=1S/C21H32N2O4/c1-25-19-13-16-9-11-23(15-17(16)14-20(19)26-2)21(24)22-10-6-12-27-18-7-4-3-5-8-18/h13-14,18H,3-12,15H2,1-2H3,(H,22,24). The van der Waals surface area contributed by atoms with Gasteiger partial charge < -0.3 is 24.4 Å². The van der Waals surface area contributed by atoms with Gasteiger partial charge in [0.05, 0.1) is 20.3 Å². The molecule has 27 heavy (non-hydrogen) atoms. The van der Waals surface area contributed by atoms with E-state index < -0.39 is 0 Å². The van der Waals surface area contributed by atoms with E-state index in [-0.39, 0.29) is 6.03 Å². The smallest absolute Gasteiger partial charge is 0.317 e. The second-order valence-electron chi connectivity index (χ2n) is 7.36. The minimum absolute atomic E-state index is 0.00639. The number of methoxy groups -OCH3 is 2. The van der Waals surface area contributed by atoms with Crippen molar-refractivity contribution in [3.63, 3.8) is 0 Å². The first kappa shape index (κ1) is 19.8. The molecule has 0 saturated heterocycles. The zero-order valence-electron chi connectivity index (χ0n) is 16.6. The lowest BCUT2D eigenvalue weighted by Gasteiger charge is -2.29. The topological polar surface area (TPSA) is 60.0 Å². The van der Waals surface area contributed by atoms with E-state index in [0.29, 0.717) is 31.5 Å². The molecule has 1 aliphatic heterocycles. The molecule has 2 aliphatic rings. The Labute approximate surface area is 162 Å². The minimum atomic E-state index is -0.00639. The second kappa shape index (κ2) is 9.83. The molecule has 1 fully saturated rings. The average molecular weight is 376 g/mol. The van der Waals surface area contributed by atoms with Crippen molar-refractivity contribution in [2.24, 2.45) is 0 Å². The monoisotopic (exact) mass is 376 g/mol. The van der Waals surface area contributed by atoms with E-state index in [9.17, 15) is 4.79 Å². The fourth-order valence-corrected chi connectivity index (χ4v) is 3.92. The quantitative estimate of drug-likeness (QED) is 0.740. The molecule has 2 amide bonds. The number of ether oxygens (including phenoxy) is 3. The number of amides is 2. The summed E-state index contributed by atoms with van der Waals surface area (Å²) < 4.78 is 16.7. The predicted molar refractivity (Wildman–Crippen MR) is 105 cm³/mol. The predicted octanol–water partition coefficient (Wildman–Crippen LogP) is 3.51. The van der Waals surface area contributed by atoms with Crippen LogP contribution in [0.25, 0.3) is 0 Å². The summed E-state index contributed by atoms with van der Waals surface area (Å²) in [5, 5.41) is 3.02. The Morgan fingerprint density at radius 3 is 2.52 bits per heavy atom. The van der Waals surface area contributed by atoms with Crippen molar-refractivity contribution in [3.05, 3.63) is 23.3 Å². The van der Waals surface area contributed by atoms with Gasteiger partial charge in [-0.25, -0.2) is 4.79 Å². The summed E-state index contributed by atoms with van der Waals surface area (Å²) in [6.07, 6.45) is 8.41. The highest BCUT2D eigenvalue weighted by Crippen LogP contribution is 2.33. The van der Waals surface area contributed by atoms with Crippen LogP contribution in [0.3, 0.4) is 0 Å². The van der Waals surface area contributed by atoms with Crippen molar-refractivity contribution in [2.75, 3.05) is 33.9 Å².